The number of carbonyl (C=O) groups excluding carboxylic acids is 1. The van der Waals surface area contributed by atoms with Gasteiger partial charge in [-0.1, -0.05) is 33.6 Å². The third kappa shape index (κ3) is 4.49. The Balaban J connectivity index is 2.01. The minimum absolute atomic E-state index is 0.0267. The fourth-order valence-corrected chi connectivity index (χ4v) is 2.33. The molecule has 0 unspecified atom stereocenters. The van der Waals surface area contributed by atoms with Crippen LogP contribution in [-0.2, 0) is 0 Å². The highest BCUT2D eigenvalue weighted by Crippen LogP contribution is 2.19. The van der Waals surface area contributed by atoms with Crippen LogP contribution in [0.15, 0.2) is 46.9 Å². The van der Waals surface area contributed by atoms with E-state index < -0.39 is 5.82 Å². The van der Waals surface area contributed by atoms with Gasteiger partial charge in [0.05, 0.1) is 5.02 Å². The number of carbonyl (C=O) groups is 1. The third-order valence-electron chi connectivity index (χ3n) is 2.49. The highest BCUT2D eigenvalue weighted by atomic mass is 79.9. The van der Waals surface area contributed by atoms with Gasteiger partial charge in [-0.2, -0.15) is 0 Å². The molecule has 108 valence electrons. The molecule has 2 N–H and O–H groups in total. The van der Waals surface area contributed by atoms with Gasteiger partial charge >= 0.3 is 0 Å². The average Bonchev–Trinajstić information content (AvgIpc) is 2.43. The van der Waals surface area contributed by atoms with Gasteiger partial charge < -0.3 is 5.32 Å². The van der Waals surface area contributed by atoms with Gasteiger partial charge in [-0.25, -0.2) is 4.39 Å². The van der Waals surface area contributed by atoms with Crippen molar-refractivity contribution in [1.29, 1.82) is 0 Å². The van der Waals surface area contributed by atoms with E-state index in [1.165, 1.54) is 18.2 Å². The van der Waals surface area contributed by atoms with Crippen molar-refractivity contribution in [1.82, 2.24) is 5.32 Å². The molecule has 0 saturated carbocycles. The van der Waals surface area contributed by atoms with E-state index in [1.54, 1.807) is 18.2 Å². The minimum Gasteiger partial charge on any atom is -0.332 e. The maximum absolute atomic E-state index is 13.0. The number of anilines is 1. The fourth-order valence-electron chi connectivity index (χ4n) is 1.54. The van der Waals surface area contributed by atoms with E-state index in [1.807, 2.05) is 6.07 Å². The zero-order valence-corrected chi connectivity index (χ0v) is 13.7. The summed E-state index contributed by atoms with van der Waals surface area (Å²) in [6.07, 6.45) is 0. The van der Waals surface area contributed by atoms with Crippen LogP contribution >= 0.6 is 39.7 Å². The second kappa shape index (κ2) is 6.98. The average molecular weight is 388 g/mol. The van der Waals surface area contributed by atoms with Crippen molar-refractivity contribution in [3.05, 3.63) is 63.3 Å². The second-order valence-electron chi connectivity index (χ2n) is 4.05. The number of nitrogens with one attached hydrogen (secondary N) is 2. The van der Waals surface area contributed by atoms with Crippen molar-refractivity contribution in [2.24, 2.45) is 0 Å². The van der Waals surface area contributed by atoms with E-state index in [2.05, 4.69) is 26.6 Å². The summed E-state index contributed by atoms with van der Waals surface area (Å²) in [5.41, 5.74) is 0.951. The molecule has 0 bridgehead atoms. The van der Waals surface area contributed by atoms with Gasteiger partial charge in [0.1, 0.15) is 5.82 Å². The molecule has 0 aromatic heterocycles. The van der Waals surface area contributed by atoms with Crippen molar-refractivity contribution in [2.75, 3.05) is 5.32 Å². The van der Waals surface area contributed by atoms with Crippen molar-refractivity contribution in [2.45, 2.75) is 0 Å². The molecule has 0 heterocycles. The highest BCUT2D eigenvalue weighted by molar-refractivity contribution is 9.10. The van der Waals surface area contributed by atoms with Crippen LogP contribution < -0.4 is 10.6 Å². The quantitative estimate of drug-likeness (QED) is 0.752. The first-order chi connectivity index (χ1) is 9.95. The number of halogens is 3. The van der Waals surface area contributed by atoms with Crippen molar-refractivity contribution < 1.29 is 9.18 Å². The Bertz CT molecular complexity index is 711. The van der Waals surface area contributed by atoms with Crippen LogP contribution in [0.5, 0.6) is 0 Å². The lowest BCUT2D eigenvalue weighted by molar-refractivity contribution is 0.0977. The summed E-state index contributed by atoms with van der Waals surface area (Å²) < 4.78 is 13.8. The minimum atomic E-state index is -0.522. The van der Waals surface area contributed by atoms with Crippen LogP contribution in [0.4, 0.5) is 10.1 Å². The molecule has 0 aliphatic carbocycles. The molecule has 21 heavy (non-hydrogen) atoms. The van der Waals surface area contributed by atoms with Crippen LogP contribution in [0, 0.1) is 5.82 Å². The molecule has 0 fully saturated rings. The zero-order valence-electron chi connectivity index (χ0n) is 10.5. The molecule has 0 aliphatic rings. The Morgan fingerprint density at radius 2 is 2.00 bits per heavy atom. The monoisotopic (exact) mass is 386 g/mol. The summed E-state index contributed by atoms with van der Waals surface area (Å²) in [5, 5.41) is 5.36. The summed E-state index contributed by atoms with van der Waals surface area (Å²) in [6.45, 7) is 0. The van der Waals surface area contributed by atoms with E-state index in [4.69, 9.17) is 23.8 Å². The van der Waals surface area contributed by atoms with Gasteiger partial charge in [-0.3, -0.25) is 10.1 Å². The molecule has 2 aromatic rings. The Morgan fingerprint density at radius 3 is 2.67 bits per heavy atom. The number of thiocarbonyl (C=S) groups is 1. The lowest BCUT2D eigenvalue weighted by Gasteiger charge is -2.10. The lowest BCUT2D eigenvalue weighted by atomic mass is 10.2. The number of benzene rings is 2. The van der Waals surface area contributed by atoms with E-state index >= 15 is 0 Å². The van der Waals surface area contributed by atoms with Gasteiger partial charge in [0, 0.05) is 15.7 Å². The van der Waals surface area contributed by atoms with Crippen LogP contribution in [0.25, 0.3) is 0 Å². The molecule has 0 radical (unpaired) electrons. The van der Waals surface area contributed by atoms with E-state index in [-0.39, 0.29) is 16.0 Å². The van der Waals surface area contributed by atoms with Gasteiger partial charge in [-0.15, -0.1) is 0 Å². The maximum atomic E-state index is 13.0. The van der Waals surface area contributed by atoms with Crippen LogP contribution in [0.2, 0.25) is 5.02 Å². The largest absolute Gasteiger partial charge is 0.332 e. The van der Waals surface area contributed by atoms with Gasteiger partial charge in [0.15, 0.2) is 5.11 Å². The van der Waals surface area contributed by atoms with Crippen LogP contribution in [0.3, 0.4) is 0 Å². The van der Waals surface area contributed by atoms with Gasteiger partial charge in [-0.05, 0) is 48.6 Å². The normalized spacial score (nSPS) is 10.0. The summed E-state index contributed by atoms with van der Waals surface area (Å²) in [7, 11) is 0. The van der Waals surface area contributed by atoms with E-state index in [0.717, 1.165) is 4.47 Å². The Morgan fingerprint density at radius 1 is 1.24 bits per heavy atom. The Hall–Kier alpha value is -1.50. The van der Waals surface area contributed by atoms with Crippen LogP contribution in [0.1, 0.15) is 10.4 Å². The molecule has 1 amide bonds. The lowest BCUT2D eigenvalue weighted by Crippen LogP contribution is -2.34. The maximum Gasteiger partial charge on any atom is 0.257 e. The predicted octanol–water partition coefficient (Wildman–Crippen LogP) is 4.37. The molecule has 2 aromatic carbocycles. The van der Waals surface area contributed by atoms with E-state index in [9.17, 15) is 9.18 Å². The highest BCUT2D eigenvalue weighted by Gasteiger charge is 2.09. The summed E-state index contributed by atoms with van der Waals surface area (Å²) in [4.78, 5) is 12.0. The van der Waals surface area contributed by atoms with E-state index in [0.29, 0.717) is 11.3 Å². The topological polar surface area (TPSA) is 41.1 Å². The number of hydrogen-bond donors (Lipinski definition) is 2. The van der Waals surface area contributed by atoms with Crippen molar-refractivity contribution >= 4 is 56.5 Å². The number of hydrogen-bond acceptors (Lipinski definition) is 2. The molecule has 0 aliphatic heterocycles. The Labute approximate surface area is 139 Å². The summed E-state index contributed by atoms with van der Waals surface area (Å²) >= 11 is 14.0. The molecule has 2 rings (SSSR count). The molecular weight excluding hydrogens is 379 g/mol. The van der Waals surface area contributed by atoms with Crippen molar-refractivity contribution in [3.63, 3.8) is 0 Å². The van der Waals surface area contributed by atoms with Crippen LogP contribution in [-0.4, -0.2) is 11.0 Å². The second-order valence-corrected chi connectivity index (χ2v) is 5.78. The summed E-state index contributed by atoms with van der Waals surface area (Å²) in [5.74, 6) is -0.867. The molecule has 0 saturated heterocycles. The number of amides is 1. The van der Waals surface area contributed by atoms with Gasteiger partial charge in [0.25, 0.3) is 5.91 Å². The van der Waals surface area contributed by atoms with Crippen molar-refractivity contribution in [3.8, 4) is 0 Å². The molecular formula is C14H9BrClFN2OS. The number of rotatable bonds is 2. The molecule has 7 heteroatoms. The SMILES string of the molecule is O=C(NC(=S)Nc1ccc(F)c(Cl)c1)c1cccc(Br)c1. The smallest absolute Gasteiger partial charge is 0.257 e. The summed E-state index contributed by atoms with van der Waals surface area (Å²) in [6, 6.07) is 11.0. The first kappa shape index (κ1) is 15.9. The first-order valence-electron chi connectivity index (χ1n) is 5.78. The molecule has 0 atom stereocenters. The predicted molar refractivity (Wildman–Crippen MR) is 89.2 cm³/mol. The zero-order chi connectivity index (χ0) is 15.4. The molecule has 0 spiro atoms. The Kier molecular flexibility index (Phi) is 5.27. The third-order valence-corrected chi connectivity index (χ3v) is 3.48. The first-order valence-corrected chi connectivity index (χ1v) is 7.36. The molecule has 3 nitrogen and oxygen atoms in total. The standard InChI is InChI=1S/C14H9BrClFN2OS/c15-9-3-1-2-8(6-9)13(20)19-14(21)18-10-4-5-12(17)11(16)7-10/h1-7H,(H2,18,19,20,21). The fraction of sp³-hybridized carbons (Fsp3) is 0. The van der Waals surface area contributed by atoms with Gasteiger partial charge in [0.2, 0.25) is 0 Å².